The van der Waals surface area contributed by atoms with Crippen molar-refractivity contribution in [3.05, 3.63) is 40.3 Å². The zero-order valence-corrected chi connectivity index (χ0v) is 18.2. The number of nitrogens with zero attached hydrogens (tertiary/aromatic N) is 2. The van der Waals surface area contributed by atoms with Gasteiger partial charge in [0.05, 0.1) is 32.9 Å². The summed E-state index contributed by atoms with van der Waals surface area (Å²) in [6, 6.07) is 5.38. The number of thiazole rings is 2. The Kier molecular flexibility index (Phi) is 7.20. The van der Waals surface area contributed by atoms with Crippen molar-refractivity contribution in [1.29, 1.82) is 0 Å². The molecule has 0 aliphatic carbocycles. The molecule has 3 aromatic rings. The number of benzene rings is 1. The van der Waals surface area contributed by atoms with Gasteiger partial charge in [-0.25, -0.2) is 9.97 Å². The molecule has 2 N–H and O–H groups in total. The summed E-state index contributed by atoms with van der Waals surface area (Å²) in [5.74, 6) is 0.460. The van der Waals surface area contributed by atoms with Crippen molar-refractivity contribution in [2.45, 2.75) is 13.3 Å². The van der Waals surface area contributed by atoms with E-state index >= 15 is 0 Å². The molecule has 0 fully saturated rings. The molecule has 9 nitrogen and oxygen atoms in total. The van der Waals surface area contributed by atoms with E-state index in [1.54, 1.807) is 44.0 Å². The Hall–Kier alpha value is -3.18. The van der Waals surface area contributed by atoms with Gasteiger partial charge in [-0.05, 0) is 19.1 Å². The van der Waals surface area contributed by atoms with Crippen LogP contribution in [-0.4, -0.2) is 42.7 Å². The fourth-order valence-corrected chi connectivity index (χ4v) is 3.86. The first-order valence-corrected chi connectivity index (χ1v) is 10.6. The maximum Gasteiger partial charge on any atom is 0.311 e. The molecule has 1 amide bonds. The fraction of sp³-hybridized carbons (Fsp3) is 0.263. The van der Waals surface area contributed by atoms with Crippen LogP contribution >= 0.6 is 22.7 Å². The number of rotatable bonds is 9. The molecule has 30 heavy (non-hydrogen) atoms. The first-order valence-electron chi connectivity index (χ1n) is 8.88. The van der Waals surface area contributed by atoms with Gasteiger partial charge in [-0.3, -0.25) is 14.9 Å². The van der Waals surface area contributed by atoms with Gasteiger partial charge in [0, 0.05) is 22.5 Å². The van der Waals surface area contributed by atoms with Crippen molar-refractivity contribution in [2.24, 2.45) is 0 Å². The summed E-state index contributed by atoms with van der Waals surface area (Å²) >= 11 is 2.53. The predicted octanol–water partition coefficient (Wildman–Crippen LogP) is 3.72. The van der Waals surface area contributed by atoms with E-state index in [0.717, 1.165) is 5.69 Å². The van der Waals surface area contributed by atoms with Crippen LogP contribution in [0.3, 0.4) is 0 Å². The monoisotopic (exact) mass is 448 g/mol. The van der Waals surface area contributed by atoms with E-state index in [-0.39, 0.29) is 24.0 Å². The second kappa shape index (κ2) is 10.0. The summed E-state index contributed by atoms with van der Waals surface area (Å²) in [6.07, 6.45) is 0.0658. The Morgan fingerprint density at radius 1 is 1.03 bits per heavy atom. The Bertz CT molecular complexity index is 1030. The van der Waals surface area contributed by atoms with E-state index in [0.29, 0.717) is 34.1 Å². The topological polar surface area (TPSA) is 112 Å². The molecule has 0 radical (unpaired) electrons. The van der Waals surface area contributed by atoms with Crippen molar-refractivity contribution in [1.82, 2.24) is 9.97 Å². The third-order valence-corrected chi connectivity index (χ3v) is 5.34. The van der Waals surface area contributed by atoms with Crippen LogP contribution in [0.2, 0.25) is 0 Å². The van der Waals surface area contributed by atoms with E-state index in [1.807, 2.05) is 6.07 Å². The Labute approximate surface area is 181 Å². The van der Waals surface area contributed by atoms with Gasteiger partial charge in [-0.1, -0.05) is 0 Å². The maximum absolute atomic E-state index is 12.4. The lowest BCUT2D eigenvalue weighted by atomic mass is 10.3. The van der Waals surface area contributed by atoms with E-state index in [4.69, 9.17) is 14.2 Å². The van der Waals surface area contributed by atoms with Gasteiger partial charge in [-0.15, -0.1) is 22.7 Å². The van der Waals surface area contributed by atoms with E-state index in [2.05, 4.69) is 20.6 Å². The fourth-order valence-electron chi connectivity index (χ4n) is 2.44. The number of carbonyl (C=O) groups is 2. The van der Waals surface area contributed by atoms with Gasteiger partial charge in [0.25, 0.3) is 5.91 Å². The number of anilines is 3. The standard InChI is InChI=1S/C19H20N4O5S2/c1-4-28-16(24)8-12-9-29-19(21-12)23-17(25)13-10-30-18(22-13)20-11-5-6-14(26-2)15(7-11)27-3/h5-7,9-10H,4,8H2,1-3H3,(H,20,22)(H,21,23,25). The lowest BCUT2D eigenvalue weighted by Crippen LogP contribution is -2.12. The highest BCUT2D eigenvalue weighted by Gasteiger charge is 2.15. The SMILES string of the molecule is CCOC(=O)Cc1csc(NC(=O)c2csc(Nc3ccc(OC)c(OC)c3)n2)n1. The lowest BCUT2D eigenvalue weighted by Gasteiger charge is -2.09. The highest BCUT2D eigenvalue weighted by Crippen LogP contribution is 2.31. The van der Waals surface area contributed by atoms with Gasteiger partial charge in [-0.2, -0.15) is 0 Å². The average Bonchev–Trinajstić information content (AvgIpc) is 3.37. The molecule has 0 saturated heterocycles. The van der Waals surface area contributed by atoms with Crippen LogP contribution in [0.1, 0.15) is 23.1 Å². The number of carbonyl (C=O) groups excluding carboxylic acids is 2. The molecule has 11 heteroatoms. The number of ether oxygens (including phenoxy) is 3. The van der Waals surface area contributed by atoms with Crippen LogP contribution in [0.25, 0.3) is 0 Å². The number of methoxy groups -OCH3 is 2. The van der Waals surface area contributed by atoms with Crippen molar-refractivity contribution in [3.8, 4) is 11.5 Å². The summed E-state index contributed by atoms with van der Waals surface area (Å²) in [4.78, 5) is 32.5. The number of aromatic nitrogens is 2. The summed E-state index contributed by atoms with van der Waals surface area (Å²) in [5, 5.41) is 10.1. The molecule has 0 atom stereocenters. The van der Waals surface area contributed by atoms with Crippen LogP contribution in [0, 0.1) is 0 Å². The zero-order chi connectivity index (χ0) is 21.5. The van der Waals surface area contributed by atoms with Gasteiger partial charge in [0.1, 0.15) is 5.69 Å². The Morgan fingerprint density at radius 3 is 2.53 bits per heavy atom. The number of amides is 1. The van der Waals surface area contributed by atoms with Crippen molar-refractivity contribution in [3.63, 3.8) is 0 Å². The zero-order valence-electron chi connectivity index (χ0n) is 16.6. The van der Waals surface area contributed by atoms with Gasteiger partial charge in [0.15, 0.2) is 21.8 Å². The number of hydrogen-bond donors (Lipinski definition) is 2. The van der Waals surface area contributed by atoms with Gasteiger partial charge < -0.3 is 19.5 Å². The Morgan fingerprint density at radius 2 is 1.80 bits per heavy atom. The third-order valence-electron chi connectivity index (χ3n) is 3.77. The summed E-state index contributed by atoms with van der Waals surface area (Å²) < 4.78 is 15.4. The average molecular weight is 449 g/mol. The second-order valence-electron chi connectivity index (χ2n) is 5.81. The minimum Gasteiger partial charge on any atom is -0.493 e. The van der Waals surface area contributed by atoms with Crippen molar-refractivity contribution < 1.29 is 23.8 Å². The maximum atomic E-state index is 12.4. The molecule has 2 aromatic heterocycles. The summed E-state index contributed by atoms with van der Waals surface area (Å²) in [6.45, 7) is 2.06. The molecule has 0 spiro atoms. The normalized spacial score (nSPS) is 10.4. The molecule has 0 saturated carbocycles. The van der Waals surface area contributed by atoms with Crippen LogP contribution in [0.5, 0.6) is 11.5 Å². The minimum absolute atomic E-state index is 0.0658. The second-order valence-corrected chi connectivity index (χ2v) is 7.53. The molecular formula is C19H20N4O5S2. The van der Waals surface area contributed by atoms with Gasteiger partial charge >= 0.3 is 5.97 Å². The molecule has 2 heterocycles. The van der Waals surface area contributed by atoms with Crippen molar-refractivity contribution >= 4 is 50.5 Å². The molecule has 0 aliphatic rings. The minimum atomic E-state index is -0.386. The highest BCUT2D eigenvalue weighted by atomic mass is 32.1. The predicted molar refractivity (Wildman–Crippen MR) is 115 cm³/mol. The van der Waals surface area contributed by atoms with Crippen LogP contribution in [0.4, 0.5) is 16.0 Å². The highest BCUT2D eigenvalue weighted by molar-refractivity contribution is 7.14. The van der Waals surface area contributed by atoms with Crippen LogP contribution in [0.15, 0.2) is 29.0 Å². The van der Waals surface area contributed by atoms with Crippen molar-refractivity contribution in [2.75, 3.05) is 31.5 Å². The smallest absolute Gasteiger partial charge is 0.311 e. The quantitative estimate of drug-likeness (QED) is 0.477. The Balaban J connectivity index is 1.61. The van der Waals surface area contributed by atoms with E-state index in [9.17, 15) is 9.59 Å². The molecule has 0 unspecified atom stereocenters. The summed E-state index contributed by atoms with van der Waals surface area (Å²) in [7, 11) is 3.13. The number of nitrogens with one attached hydrogen (secondary N) is 2. The first kappa shape index (κ1) is 21.5. The summed E-state index contributed by atoms with van der Waals surface area (Å²) in [5.41, 5.74) is 1.55. The largest absolute Gasteiger partial charge is 0.493 e. The molecule has 0 aliphatic heterocycles. The number of esters is 1. The van der Waals surface area contributed by atoms with Gasteiger partial charge in [0.2, 0.25) is 0 Å². The molecule has 3 rings (SSSR count). The first-order chi connectivity index (χ1) is 14.5. The number of hydrogen-bond acceptors (Lipinski definition) is 10. The van der Waals surface area contributed by atoms with Crippen LogP contribution in [-0.2, 0) is 16.0 Å². The molecular weight excluding hydrogens is 428 g/mol. The van der Waals surface area contributed by atoms with E-state index in [1.165, 1.54) is 22.7 Å². The van der Waals surface area contributed by atoms with E-state index < -0.39 is 0 Å². The van der Waals surface area contributed by atoms with Crippen LogP contribution < -0.4 is 20.1 Å². The molecule has 1 aromatic carbocycles. The molecule has 0 bridgehead atoms. The lowest BCUT2D eigenvalue weighted by molar-refractivity contribution is -0.142. The molecule has 158 valence electrons. The third kappa shape index (κ3) is 5.45.